The molecular weight excluding hydrogens is 204 g/mol. The molecule has 0 aromatic carbocycles. The lowest BCUT2D eigenvalue weighted by atomic mass is 10.0. The van der Waals surface area contributed by atoms with Gasteiger partial charge in [0.25, 0.3) is 0 Å². The van der Waals surface area contributed by atoms with Gasteiger partial charge in [-0.2, -0.15) is 0 Å². The van der Waals surface area contributed by atoms with Gasteiger partial charge in [0.15, 0.2) is 0 Å². The second kappa shape index (κ2) is 14.9. The standard InChI is InChI=1S/C10H22O3.3CH4/c1-3-8(11)5-6-10(13)7-9(12)4-2;;;/h8-13H,3-7H2,1-2H3;3*1H4. The SMILES string of the molecule is C.C.C.CCC(O)CCC(O)CC(O)CC. The van der Waals surface area contributed by atoms with Crippen LogP contribution in [0.25, 0.3) is 0 Å². The van der Waals surface area contributed by atoms with E-state index < -0.39 is 12.2 Å². The van der Waals surface area contributed by atoms with Crippen LogP contribution in [0.4, 0.5) is 0 Å². The predicted octanol–water partition coefficient (Wildman–Crippen LogP) is 2.97. The van der Waals surface area contributed by atoms with E-state index in [-0.39, 0.29) is 28.4 Å². The van der Waals surface area contributed by atoms with Gasteiger partial charge in [0.2, 0.25) is 0 Å². The van der Waals surface area contributed by atoms with Gasteiger partial charge in [-0.3, -0.25) is 0 Å². The topological polar surface area (TPSA) is 60.7 Å². The molecule has 3 nitrogen and oxygen atoms in total. The first kappa shape index (κ1) is 24.9. The van der Waals surface area contributed by atoms with Gasteiger partial charge < -0.3 is 15.3 Å². The molecule has 104 valence electrons. The molecule has 16 heavy (non-hydrogen) atoms. The predicted molar refractivity (Wildman–Crippen MR) is 72.6 cm³/mol. The van der Waals surface area contributed by atoms with Gasteiger partial charge in [0.1, 0.15) is 0 Å². The van der Waals surface area contributed by atoms with Gasteiger partial charge >= 0.3 is 0 Å². The van der Waals surface area contributed by atoms with Crippen LogP contribution < -0.4 is 0 Å². The molecule has 0 saturated heterocycles. The monoisotopic (exact) mass is 238 g/mol. The van der Waals surface area contributed by atoms with Crippen LogP contribution in [-0.4, -0.2) is 33.6 Å². The number of aliphatic hydroxyl groups excluding tert-OH is 3. The third kappa shape index (κ3) is 13.9. The molecule has 0 aliphatic heterocycles. The van der Waals surface area contributed by atoms with Crippen molar-refractivity contribution in [3.05, 3.63) is 0 Å². The first-order chi connectivity index (χ1) is 6.10. The fraction of sp³-hybridized carbons (Fsp3) is 1.00. The highest BCUT2D eigenvalue weighted by molar-refractivity contribution is 4.64. The number of hydrogen-bond donors (Lipinski definition) is 3. The third-order valence-corrected chi connectivity index (χ3v) is 2.32. The van der Waals surface area contributed by atoms with E-state index in [0.29, 0.717) is 25.7 Å². The molecule has 3 N–H and O–H groups in total. The van der Waals surface area contributed by atoms with E-state index in [1.807, 2.05) is 13.8 Å². The first-order valence-electron chi connectivity index (χ1n) is 5.14. The minimum absolute atomic E-state index is 0. The zero-order chi connectivity index (χ0) is 10.3. The summed E-state index contributed by atoms with van der Waals surface area (Å²) in [5.41, 5.74) is 0. The third-order valence-electron chi connectivity index (χ3n) is 2.32. The summed E-state index contributed by atoms with van der Waals surface area (Å²) in [6, 6.07) is 0. The van der Waals surface area contributed by atoms with Crippen LogP contribution in [0, 0.1) is 0 Å². The molecule has 0 aliphatic rings. The van der Waals surface area contributed by atoms with Crippen LogP contribution in [-0.2, 0) is 0 Å². The average molecular weight is 238 g/mol. The van der Waals surface area contributed by atoms with Crippen LogP contribution in [0.1, 0.15) is 68.2 Å². The van der Waals surface area contributed by atoms with E-state index in [2.05, 4.69) is 0 Å². The van der Waals surface area contributed by atoms with E-state index in [4.69, 9.17) is 0 Å². The fourth-order valence-corrected chi connectivity index (χ4v) is 1.19. The Balaban J connectivity index is -0.000000240. The molecule has 0 bridgehead atoms. The van der Waals surface area contributed by atoms with Crippen LogP contribution in [0.15, 0.2) is 0 Å². The van der Waals surface area contributed by atoms with Gasteiger partial charge in [0, 0.05) is 0 Å². The summed E-state index contributed by atoms with van der Waals surface area (Å²) >= 11 is 0. The number of hydrogen-bond acceptors (Lipinski definition) is 3. The second-order valence-corrected chi connectivity index (χ2v) is 3.59. The van der Waals surface area contributed by atoms with E-state index in [0.717, 1.165) is 6.42 Å². The summed E-state index contributed by atoms with van der Waals surface area (Å²) in [6.45, 7) is 3.80. The van der Waals surface area contributed by atoms with Gasteiger partial charge in [-0.15, -0.1) is 0 Å². The molecule has 0 amide bonds. The molecule has 0 aromatic rings. The smallest absolute Gasteiger partial charge is 0.0565 e. The maximum Gasteiger partial charge on any atom is 0.0565 e. The van der Waals surface area contributed by atoms with Gasteiger partial charge in [0.05, 0.1) is 18.3 Å². The Morgan fingerprint density at radius 1 is 0.688 bits per heavy atom. The van der Waals surface area contributed by atoms with Crippen molar-refractivity contribution in [3.63, 3.8) is 0 Å². The molecule has 0 saturated carbocycles. The summed E-state index contributed by atoms with van der Waals surface area (Å²) in [5.74, 6) is 0. The van der Waals surface area contributed by atoms with Gasteiger partial charge in [-0.25, -0.2) is 0 Å². The van der Waals surface area contributed by atoms with E-state index in [9.17, 15) is 15.3 Å². The lowest BCUT2D eigenvalue weighted by Gasteiger charge is -2.15. The Morgan fingerprint density at radius 3 is 1.44 bits per heavy atom. The molecule has 3 heteroatoms. The maximum atomic E-state index is 9.42. The normalized spacial score (nSPS) is 14.8. The van der Waals surface area contributed by atoms with Crippen LogP contribution in [0.3, 0.4) is 0 Å². The first-order valence-corrected chi connectivity index (χ1v) is 5.14. The van der Waals surface area contributed by atoms with Crippen molar-refractivity contribution in [2.24, 2.45) is 0 Å². The Kier molecular flexibility index (Phi) is 23.2. The number of rotatable bonds is 7. The van der Waals surface area contributed by atoms with Gasteiger partial charge in [-0.05, 0) is 32.1 Å². The zero-order valence-corrected chi connectivity index (χ0v) is 8.61. The van der Waals surface area contributed by atoms with Crippen molar-refractivity contribution < 1.29 is 15.3 Å². The summed E-state index contributed by atoms with van der Waals surface area (Å²) < 4.78 is 0. The minimum Gasteiger partial charge on any atom is -0.393 e. The molecular formula is C13H34O3. The van der Waals surface area contributed by atoms with E-state index in [1.165, 1.54) is 0 Å². The molecule has 0 heterocycles. The maximum absolute atomic E-state index is 9.42. The van der Waals surface area contributed by atoms with Crippen molar-refractivity contribution in [1.82, 2.24) is 0 Å². The molecule has 3 unspecified atom stereocenters. The largest absolute Gasteiger partial charge is 0.393 e. The highest BCUT2D eigenvalue weighted by Gasteiger charge is 2.11. The van der Waals surface area contributed by atoms with Crippen molar-refractivity contribution in [3.8, 4) is 0 Å². The Hall–Kier alpha value is -0.120. The van der Waals surface area contributed by atoms with Crippen LogP contribution in [0.2, 0.25) is 0 Å². The lowest BCUT2D eigenvalue weighted by molar-refractivity contribution is 0.0595. The van der Waals surface area contributed by atoms with Crippen molar-refractivity contribution in [1.29, 1.82) is 0 Å². The quantitative estimate of drug-likeness (QED) is 0.639. The Labute approximate surface area is 103 Å². The fourth-order valence-electron chi connectivity index (χ4n) is 1.19. The minimum atomic E-state index is -0.476. The molecule has 0 aromatic heterocycles. The van der Waals surface area contributed by atoms with E-state index in [1.54, 1.807) is 0 Å². The molecule has 0 radical (unpaired) electrons. The molecule has 0 rings (SSSR count). The van der Waals surface area contributed by atoms with Crippen LogP contribution in [0.5, 0.6) is 0 Å². The molecule has 3 atom stereocenters. The summed E-state index contributed by atoms with van der Waals surface area (Å²) in [7, 11) is 0. The van der Waals surface area contributed by atoms with Crippen molar-refractivity contribution in [2.45, 2.75) is 86.5 Å². The van der Waals surface area contributed by atoms with E-state index >= 15 is 0 Å². The molecule has 0 aliphatic carbocycles. The summed E-state index contributed by atoms with van der Waals surface area (Å²) in [4.78, 5) is 0. The summed E-state index contributed by atoms with van der Waals surface area (Å²) in [5, 5.41) is 27.9. The zero-order valence-electron chi connectivity index (χ0n) is 8.61. The Morgan fingerprint density at radius 2 is 1.06 bits per heavy atom. The summed E-state index contributed by atoms with van der Waals surface area (Å²) in [6.07, 6.45) is 1.82. The highest BCUT2D eigenvalue weighted by atomic mass is 16.3. The van der Waals surface area contributed by atoms with Crippen molar-refractivity contribution >= 4 is 0 Å². The van der Waals surface area contributed by atoms with Crippen LogP contribution >= 0.6 is 0 Å². The number of aliphatic hydroxyl groups is 3. The Bertz CT molecular complexity index is 118. The highest BCUT2D eigenvalue weighted by Crippen LogP contribution is 2.10. The second-order valence-electron chi connectivity index (χ2n) is 3.59. The average Bonchev–Trinajstić information content (AvgIpc) is 2.13. The lowest BCUT2D eigenvalue weighted by Crippen LogP contribution is -2.18. The van der Waals surface area contributed by atoms with Gasteiger partial charge in [-0.1, -0.05) is 36.1 Å². The van der Waals surface area contributed by atoms with Crippen molar-refractivity contribution in [2.75, 3.05) is 0 Å². The molecule has 0 spiro atoms. The molecule has 0 fully saturated rings.